The molecule has 3 amide bonds. The van der Waals surface area contributed by atoms with Gasteiger partial charge in [-0.3, -0.25) is 19.1 Å². The monoisotopic (exact) mass is 795 g/mol. The number of hydrogen-bond donors (Lipinski definition) is 3. The van der Waals surface area contributed by atoms with Crippen LogP contribution in [0.2, 0.25) is 0 Å². The number of likely N-dealkylation sites (tertiary alicyclic amines) is 1. The summed E-state index contributed by atoms with van der Waals surface area (Å²) in [7, 11) is -3.26. The molecule has 55 heavy (non-hydrogen) atoms. The van der Waals surface area contributed by atoms with Gasteiger partial charge in [0.15, 0.2) is 5.88 Å². The van der Waals surface area contributed by atoms with Crippen LogP contribution in [0.3, 0.4) is 0 Å². The molecule has 0 aromatic rings. The van der Waals surface area contributed by atoms with Crippen LogP contribution >= 0.6 is 0 Å². The van der Waals surface area contributed by atoms with E-state index in [1.54, 1.807) is 22.6 Å². The molecular weight excluding hydrogens is 713 g/mol. The van der Waals surface area contributed by atoms with Gasteiger partial charge in [-0.1, -0.05) is 111 Å². The maximum atomic E-state index is 11.2. The SMILES string of the molecule is C#C.C#C.C1CC1.C=C(N)OC(C)(C)C.C=CC(=C)/C=C/C.C=CCCCCC.CC.CC.CC(=O)N1CCCC1C(C)C(N)=O.O=CNS(=O)(=O)C1CC1. The Kier molecular flexibility index (Phi) is 54.8. The molecule has 0 spiro atoms. The van der Waals surface area contributed by atoms with Crippen molar-refractivity contribution in [1.82, 2.24) is 9.62 Å². The van der Waals surface area contributed by atoms with Gasteiger partial charge < -0.3 is 21.1 Å². The van der Waals surface area contributed by atoms with Crippen molar-refractivity contribution >= 4 is 28.2 Å². The molecule has 3 rings (SSSR count). The van der Waals surface area contributed by atoms with Crippen LogP contribution in [0.25, 0.3) is 0 Å². The normalized spacial score (nSPS) is 14.4. The van der Waals surface area contributed by atoms with E-state index in [2.05, 4.69) is 58.9 Å². The summed E-state index contributed by atoms with van der Waals surface area (Å²) in [6, 6.07) is 0.0231. The van der Waals surface area contributed by atoms with E-state index in [9.17, 15) is 22.8 Å². The second-order valence-corrected chi connectivity index (χ2v) is 14.4. The Bertz CT molecular complexity index is 1150. The quantitative estimate of drug-likeness (QED) is 0.0443. The lowest BCUT2D eigenvalue weighted by Crippen LogP contribution is -2.42. The van der Waals surface area contributed by atoms with E-state index in [-0.39, 0.29) is 46.9 Å². The van der Waals surface area contributed by atoms with Crippen molar-refractivity contribution < 1.29 is 27.5 Å². The van der Waals surface area contributed by atoms with Gasteiger partial charge in [0.25, 0.3) is 0 Å². The van der Waals surface area contributed by atoms with Gasteiger partial charge in [0.05, 0.1) is 11.2 Å². The van der Waals surface area contributed by atoms with Crippen LogP contribution in [0, 0.1) is 31.6 Å². The average molecular weight is 795 g/mol. The Balaban J connectivity index is -0.0000000996. The molecular formula is C44H82N4O6S. The van der Waals surface area contributed by atoms with Crippen molar-refractivity contribution in [3.8, 4) is 25.7 Å². The molecule has 5 N–H and O–H groups in total. The number of nitrogens with two attached hydrogens (primary N) is 2. The van der Waals surface area contributed by atoms with Crippen LogP contribution in [0.4, 0.5) is 0 Å². The molecule has 1 heterocycles. The number of nitrogens with zero attached hydrogens (tertiary/aromatic N) is 1. The van der Waals surface area contributed by atoms with Gasteiger partial charge in [0.2, 0.25) is 28.2 Å². The Labute approximate surface area is 339 Å². The second kappa shape index (κ2) is 45.9. The highest BCUT2D eigenvalue weighted by molar-refractivity contribution is 7.90. The lowest BCUT2D eigenvalue weighted by atomic mass is 9.99. The smallest absolute Gasteiger partial charge is 0.237 e. The van der Waals surface area contributed by atoms with Gasteiger partial charge >= 0.3 is 0 Å². The summed E-state index contributed by atoms with van der Waals surface area (Å²) in [4.78, 5) is 33.5. The van der Waals surface area contributed by atoms with E-state index >= 15 is 0 Å². The van der Waals surface area contributed by atoms with E-state index in [0.717, 1.165) is 25.0 Å². The Morgan fingerprint density at radius 3 is 1.65 bits per heavy atom. The van der Waals surface area contributed by atoms with Gasteiger partial charge in [0.1, 0.15) is 5.60 Å². The standard InChI is InChI=1S/C9H16N2O2.C7H10.C7H14.C6H13NO.C4H7NO3S.C3H6.2C2H6.2C2H2/c1-6(9(10)13)8-4-3-5-11(8)7(2)12;1-4-6-7(3)5-2;1-3-5-7-6-4-2;1-5(7)8-6(2,3)4;6-3-5-9(7,8)4-1-2-4;1-2-3-1;4*1-2/h6,8H,3-5H2,1-2H3,(H2,10,13);4-6H,2-3H2,1H3;3H,1,4-7H2,2H3;1,7H2,2-4H3;3-4H,1-2H2,(H,5,6);1-3H2;2*1-2H3;2*1-2H/b;6-4+;;;;;;;;. The fourth-order valence-electron chi connectivity index (χ4n) is 3.65. The number of primary amides is 1. The molecule has 3 aliphatic rings. The zero-order chi connectivity index (χ0) is 45.1. The third-order valence-corrected chi connectivity index (χ3v) is 8.12. The van der Waals surface area contributed by atoms with Gasteiger partial charge in [-0.25, -0.2) is 8.42 Å². The fourth-order valence-corrected chi connectivity index (χ4v) is 4.73. The van der Waals surface area contributed by atoms with Crippen LogP contribution in [-0.2, 0) is 29.1 Å². The van der Waals surface area contributed by atoms with Crippen molar-refractivity contribution in [2.24, 2.45) is 17.4 Å². The molecule has 320 valence electrons. The fraction of sp³-hybridized carbons (Fsp3) is 0.614. The molecule has 10 nitrogen and oxygen atoms in total. The van der Waals surface area contributed by atoms with E-state index in [1.165, 1.54) is 51.9 Å². The predicted octanol–water partition coefficient (Wildman–Crippen LogP) is 9.35. The first-order chi connectivity index (χ1) is 25.8. The minimum atomic E-state index is -3.26. The molecule has 2 saturated carbocycles. The summed E-state index contributed by atoms with van der Waals surface area (Å²) in [5.41, 5.74) is 11.1. The van der Waals surface area contributed by atoms with Gasteiger partial charge in [-0.2, -0.15) is 0 Å². The van der Waals surface area contributed by atoms with Crippen LogP contribution in [0.15, 0.2) is 62.1 Å². The van der Waals surface area contributed by atoms with Gasteiger partial charge in [-0.15, -0.1) is 32.3 Å². The highest BCUT2D eigenvalue weighted by Gasteiger charge is 2.35. The van der Waals surface area contributed by atoms with Crippen LogP contribution in [0.1, 0.15) is 147 Å². The second-order valence-electron chi connectivity index (χ2n) is 12.4. The number of carbonyl (C=O) groups is 3. The molecule has 0 bridgehead atoms. The van der Waals surface area contributed by atoms with Gasteiger partial charge in [0, 0.05) is 19.5 Å². The summed E-state index contributed by atoms with van der Waals surface area (Å²) in [6.45, 7) is 36.2. The first kappa shape index (κ1) is 65.7. The van der Waals surface area contributed by atoms with Gasteiger partial charge in [-0.05, 0) is 78.4 Å². The Morgan fingerprint density at radius 2 is 1.42 bits per heavy atom. The summed E-state index contributed by atoms with van der Waals surface area (Å²) in [6.07, 6.45) is 36.7. The molecule has 2 atom stereocenters. The zero-order valence-corrected chi connectivity index (χ0v) is 37.5. The minimum absolute atomic E-state index is 0.0231. The first-order valence-corrected chi connectivity index (χ1v) is 20.8. The summed E-state index contributed by atoms with van der Waals surface area (Å²) < 4.78 is 28.1. The highest BCUT2D eigenvalue weighted by atomic mass is 32.2. The summed E-state index contributed by atoms with van der Waals surface area (Å²) >= 11 is 0. The average Bonchev–Trinajstić information content (AvgIpc) is 4.09. The van der Waals surface area contributed by atoms with Crippen LogP contribution in [0.5, 0.6) is 0 Å². The number of carbonyl (C=O) groups excluding carboxylic acids is 3. The summed E-state index contributed by atoms with van der Waals surface area (Å²) in [5, 5.41) is -0.303. The number of ether oxygens (including phenoxy) is 1. The molecule has 1 aliphatic heterocycles. The number of allylic oxidation sites excluding steroid dienone is 5. The number of unbranched alkanes of at least 4 members (excludes halogenated alkanes) is 3. The van der Waals surface area contributed by atoms with E-state index < -0.39 is 10.0 Å². The third-order valence-electron chi connectivity index (χ3n) is 6.35. The minimum Gasteiger partial charge on any atom is -0.474 e. The van der Waals surface area contributed by atoms with Crippen molar-refractivity contribution in [3.05, 3.63) is 62.1 Å². The number of terminal acetylenes is 2. The van der Waals surface area contributed by atoms with Crippen molar-refractivity contribution in [2.75, 3.05) is 6.54 Å². The maximum Gasteiger partial charge on any atom is 0.237 e. The molecule has 2 aliphatic carbocycles. The number of sulfonamides is 1. The van der Waals surface area contributed by atoms with E-state index in [1.807, 2.05) is 73.6 Å². The lowest BCUT2D eigenvalue weighted by Gasteiger charge is -2.26. The molecule has 0 radical (unpaired) electrons. The Hall–Kier alpha value is -4.22. The molecule has 0 aromatic carbocycles. The molecule has 11 heteroatoms. The van der Waals surface area contributed by atoms with E-state index in [4.69, 9.17) is 16.2 Å². The first-order valence-electron chi connectivity index (χ1n) is 19.2. The molecule has 0 aromatic heterocycles. The topological polar surface area (TPSA) is 162 Å². The molecule has 2 unspecified atom stereocenters. The van der Waals surface area contributed by atoms with Crippen molar-refractivity contribution in [2.45, 2.75) is 164 Å². The third kappa shape index (κ3) is 54.2. The van der Waals surface area contributed by atoms with Crippen molar-refractivity contribution in [3.63, 3.8) is 0 Å². The maximum absolute atomic E-state index is 11.2. The number of rotatable bonds is 12. The van der Waals surface area contributed by atoms with Crippen LogP contribution < -0.4 is 16.2 Å². The largest absolute Gasteiger partial charge is 0.474 e. The van der Waals surface area contributed by atoms with Crippen molar-refractivity contribution in [1.29, 1.82) is 0 Å². The highest BCUT2D eigenvalue weighted by Crippen LogP contribution is 2.27. The number of amides is 3. The number of nitrogens with one attached hydrogen (secondary N) is 1. The summed E-state index contributed by atoms with van der Waals surface area (Å²) in [5.74, 6) is -0.238. The van der Waals surface area contributed by atoms with E-state index in [0.29, 0.717) is 12.8 Å². The molecule has 3 fully saturated rings. The zero-order valence-electron chi connectivity index (χ0n) is 36.7. The molecule has 1 saturated heterocycles. The van der Waals surface area contributed by atoms with Crippen LogP contribution in [-0.4, -0.2) is 55.0 Å². The Morgan fingerprint density at radius 1 is 0.945 bits per heavy atom. The lowest BCUT2D eigenvalue weighted by molar-refractivity contribution is -0.132. The number of hydrogen-bond acceptors (Lipinski definition) is 7. The predicted molar refractivity (Wildman–Crippen MR) is 239 cm³/mol.